The Morgan fingerprint density at radius 1 is 0.903 bits per heavy atom. The highest BCUT2D eigenvalue weighted by atomic mass is 16.6. The van der Waals surface area contributed by atoms with Gasteiger partial charge in [0.15, 0.2) is 0 Å². The Morgan fingerprint density at radius 3 is 1.84 bits per heavy atom. The molecule has 0 aliphatic carbocycles. The van der Waals surface area contributed by atoms with Gasteiger partial charge in [-0.3, -0.25) is 14.5 Å². The van der Waals surface area contributed by atoms with E-state index in [4.69, 9.17) is 14.2 Å². The summed E-state index contributed by atoms with van der Waals surface area (Å²) in [4.78, 5) is 38.2. The van der Waals surface area contributed by atoms with Crippen molar-refractivity contribution in [2.24, 2.45) is 0 Å². The van der Waals surface area contributed by atoms with Gasteiger partial charge in [-0.2, -0.15) is 0 Å². The monoisotopic (exact) mass is 436 g/mol. The van der Waals surface area contributed by atoms with E-state index < -0.39 is 29.2 Å². The molecule has 0 aromatic heterocycles. The van der Waals surface area contributed by atoms with Crippen LogP contribution >= 0.6 is 0 Å². The Morgan fingerprint density at radius 2 is 1.39 bits per heavy atom. The van der Waals surface area contributed by atoms with E-state index in [0.717, 1.165) is 5.56 Å². The van der Waals surface area contributed by atoms with Crippen molar-refractivity contribution < 1.29 is 28.6 Å². The minimum absolute atomic E-state index is 0.110. The number of benzene rings is 1. The van der Waals surface area contributed by atoms with E-state index in [0.29, 0.717) is 0 Å². The molecule has 1 N–H and O–H groups in total. The third-order valence-corrected chi connectivity index (χ3v) is 3.65. The largest absolute Gasteiger partial charge is 0.459 e. The maximum atomic E-state index is 12.3. The second kappa shape index (κ2) is 11.7. The molecule has 0 bridgehead atoms. The van der Waals surface area contributed by atoms with Crippen molar-refractivity contribution in [3.8, 4) is 0 Å². The Bertz CT molecular complexity index is 692. The summed E-state index contributed by atoms with van der Waals surface area (Å²) in [7, 11) is 0. The van der Waals surface area contributed by atoms with Crippen LogP contribution in [0.1, 0.15) is 54.0 Å². The molecule has 0 aliphatic rings. The molecule has 0 spiro atoms. The fourth-order valence-electron chi connectivity index (χ4n) is 2.70. The highest BCUT2D eigenvalue weighted by Gasteiger charge is 2.25. The van der Waals surface area contributed by atoms with Crippen LogP contribution in [0, 0.1) is 0 Å². The Labute approximate surface area is 185 Å². The van der Waals surface area contributed by atoms with Crippen LogP contribution in [0.3, 0.4) is 0 Å². The molecule has 0 fully saturated rings. The first kappa shape index (κ1) is 26.4. The minimum Gasteiger partial charge on any atom is -0.459 e. The number of hydrogen-bond acceptors (Lipinski definition) is 7. The van der Waals surface area contributed by atoms with Crippen molar-refractivity contribution in [2.75, 3.05) is 19.6 Å². The molecule has 1 atom stereocenters. The van der Waals surface area contributed by atoms with Crippen molar-refractivity contribution >= 4 is 18.0 Å². The zero-order valence-electron chi connectivity index (χ0n) is 19.7. The van der Waals surface area contributed by atoms with E-state index in [-0.39, 0.29) is 32.3 Å². The molecule has 1 amide bonds. The number of esters is 2. The maximum Gasteiger partial charge on any atom is 0.407 e. The lowest BCUT2D eigenvalue weighted by Gasteiger charge is -2.28. The van der Waals surface area contributed by atoms with E-state index in [1.54, 1.807) is 53.4 Å². The van der Waals surface area contributed by atoms with Gasteiger partial charge in [-0.1, -0.05) is 30.3 Å². The lowest BCUT2D eigenvalue weighted by atomic mass is 10.2. The van der Waals surface area contributed by atoms with Gasteiger partial charge in [0.05, 0.1) is 13.1 Å². The predicted octanol–water partition coefficient (Wildman–Crippen LogP) is 3.29. The number of nitrogens with zero attached hydrogens (tertiary/aromatic N) is 1. The van der Waals surface area contributed by atoms with Crippen molar-refractivity contribution in [3.05, 3.63) is 35.9 Å². The van der Waals surface area contributed by atoms with Crippen LogP contribution in [-0.4, -0.2) is 59.8 Å². The Hall–Kier alpha value is -2.61. The number of nitrogens with one attached hydrogen (secondary N) is 1. The molecular weight excluding hydrogens is 400 g/mol. The third kappa shape index (κ3) is 13.3. The van der Waals surface area contributed by atoms with Gasteiger partial charge in [0.2, 0.25) is 0 Å². The molecule has 0 saturated heterocycles. The number of ether oxygens (including phenoxy) is 3. The third-order valence-electron chi connectivity index (χ3n) is 3.65. The summed E-state index contributed by atoms with van der Waals surface area (Å²) in [5.74, 6) is -0.926. The van der Waals surface area contributed by atoms with Crippen LogP contribution in [0.5, 0.6) is 0 Å². The fourth-order valence-corrected chi connectivity index (χ4v) is 2.70. The Kier molecular flexibility index (Phi) is 9.97. The van der Waals surface area contributed by atoms with Crippen LogP contribution in [0.2, 0.25) is 0 Å². The average Bonchev–Trinajstić information content (AvgIpc) is 2.57. The zero-order valence-corrected chi connectivity index (χ0v) is 19.7. The van der Waals surface area contributed by atoms with Crippen LogP contribution in [0.4, 0.5) is 4.79 Å². The van der Waals surface area contributed by atoms with E-state index in [1.807, 2.05) is 30.3 Å². The molecule has 0 saturated carbocycles. The topological polar surface area (TPSA) is 94.2 Å². The summed E-state index contributed by atoms with van der Waals surface area (Å²) in [5.41, 5.74) is -0.402. The van der Waals surface area contributed by atoms with Crippen molar-refractivity contribution in [2.45, 2.75) is 72.3 Å². The van der Waals surface area contributed by atoms with Crippen LogP contribution < -0.4 is 5.32 Å². The summed E-state index contributed by atoms with van der Waals surface area (Å²) in [6.07, 6.45) is -0.578. The molecule has 0 heterocycles. The quantitative estimate of drug-likeness (QED) is 0.469. The van der Waals surface area contributed by atoms with Crippen molar-refractivity contribution in [1.82, 2.24) is 10.2 Å². The summed E-state index contributed by atoms with van der Waals surface area (Å²) in [6, 6.07) is 8.96. The maximum absolute atomic E-state index is 12.3. The predicted molar refractivity (Wildman–Crippen MR) is 117 cm³/mol. The molecule has 31 heavy (non-hydrogen) atoms. The summed E-state index contributed by atoms with van der Waals surface area (Å²) < 4.78 is 15.9. The van der Waals surface area contributed by atoms with E-state index in [1.165, 1.54) is 0 Å². The first-order chi connectivity index (χ1) is 14.2. The second-order valence-corrected chi connectivity index (χ2v) is 9.45. The number of hydrogen-bond donors (Lipinski definition) is 1. The van der Waals surface area contributed by atoms with E-state index in [2.05, 4.69) is 5.32 Å². The lowest BCUT2D eigenvalue weighted by Crippen LogP contribution is -2.47. The highest BCUT2D eigenvalue weighted by Crippen LogP contribution is 2.10. The molecular formula is C23H36N2O6. The number of carbonyl (C=O) groups excluding carboxylic acids is 3. The van der Waals surface area contributed by atoms with Crippen LogP contribution in [-0.2, 0) is 30.4 Å². The number of alkyl carbamates (subject to hydrolysis) is 1. The van der Waals surface area contributed by atoms with Gasteiger partial charge in [-0.25, -0.2) is 4.79 Å². The molecule has 0 aliphatic heterocycles. The lowest BCUT2D eigenvalue weighted by molar-refractivity contribution is -0.159. The summed E-state index contributed by atoms with van der Waals surface area (Å²) in [6.45, 7) is 12.6. The molecule has 8 nitrogen and oxygen atoms in total. The standard InChI is InChI=1S/C23H36N2O6/c1-17(24-21(28)29-16-18-11-9-8-10-12-18)13-25(14-19(26)30-22(2,3)4)15-20(27)31-23(5,6)7/h8-12,17H,13-16H2,1-7H3,(H,24,28). The minimum atomic E-state index is -0.639. The second-order valence-electron chi connectivity index (χ2n) is 9.45. The SMILES string of the molecule is CC(CN(CC(=O)OC(C)(C)C)CC(=O)OC(C)(C)C)NC(=O)OCc1ccccc1. The van der Waals surface area contributed by atoms with Crippen LogP contribution in [0.15, 0.2) is 30.3 Å². The van der Waals surface area contributed by atoms with Gasteiger partial charge in [-0.05, 0) is 54.0 Å². The first-order valence-corrected chi connectivity index (χ1v) is 10.4. The summed E-state index contributed by atoms with van der Waals surface area (Å²) >= 11 is 0. The van der Waals surface area contributed by atoms with Crippen molar-refractivity contribution in [1.29, 1.82) is 0 Å². The van der Waals surface area contributed by atoms with E-state index in [9.17, 15) is 14.4 Å². The smallest absolute Gasteiger partial charge is 0.407 e. The van der Waals surface area contributed by atoms with Gasteiger partial charge < -0.3 is 19.5 Å². The molecule has 1 aromatic carbocycles. The van der Waals surface area contributed by atoms with Gasteiger partial charge >= 0.3 is 18.0 Å². The normalized spacial score (nSPS) is 12.8. The van der Waals surface area contributed by atoms with Gasteiger partial charge in [0.1, 0.15) is 17.8 Å². The highest BCUT2D eigenvalue weighted by molar-refractivity contribution is 5.75. The molecule has 0 radical (unpaired) electrons. The number of carbonyl (C=O) groups is 3. The summed E-state index contributed by atoms with van der Waals surface area (Å²) in [5, 5.41) is 2.72. The zero-order chi connectivity index (χ0) is 23.7. The number of rotatable bonds is 9. The average molecular weight is 437 g/mol. The molecule has 8 heteroatoms. The van der Waals surface area contributed by atoms with E-state index >= 15 is 0 Å². The number of amides is 1. The van der Waals surface area contributed by atoms with Crippen LogP contribution in [0.25, 0.3) is 0 Å². The Balaban J connectivity index is 2.65. The first-order valence-electron chi connectivity index (χ1n) is 10.4. The van der Waals surface area contributed by atoms with Gasteiger partial charge in [0, 0.05) is 12.6 Å². The molecule has 1 unspecified atom stereocenters. The van der Waals surface area contributed by atoms with Gasteiger partial charge in [-0.15, -0.1) is 0 Å². The van der Waals surface area contributed by atoms with Crippen molar-refractivity contribution in [3.63, 3.8) is 0 Å². The molecule has 1 aromatic rings. The molecule has 1 rings (SSSR count). The fraction of sp³-hybridized carbons (Fsp3) is 0.609. The van der Waals surface area contributed by atoms with Gasteiger partial charge in [0.25, 0.3) is 0 Å². The molecule has 174 valence electrons.